The number of amides is 1. The van der Waals surface area contributed by atoms with Crippen LogP contribution in [0.3, 0.4) is 0 Å². The summed E-state index contributed by atoms with van der Waals surface area (Å²) in [4.78, 5) is 13.5. The molecule has 8 heteroatoms. The predicted molar refractivity (Wildman–Crippen MR) is 84.4 cm³/mol. The first-order valence-electron chi connectivity index (χ1n) is 6.99. The SMILES string of the molecule is CC(=O)N(c1cc([As](=O)(O)O)ccc1O)C1CCCCC1.[Si]. The van der Waals surface area contributed by atoms with Crippen molar-refractivity contribution in [3.8, 4) is 5.75 Å². The van der Waals surface area contributed by atoms with Gasteiger partial charge in [0.1, 0.15) is 0 Å². The molecule has 120 valence electrons. The molecular weight excluding hydrogens is 365 g/mol. The summed E-state index contributed by atoms with van der Waals surface area (Å²) in [5.41, 5.74) is 0.191. The zero-order valence-corrected chi connectivity index (χ0v) is 15.3. The third-order valence-electron chi connectivity index (χ3n) is 3.83. The molecule has 0 atom stereocenters. The Balaban J connectivity index is 0.00000242. The molecule has 0 unspecified atom stereocenters. The quantitative estimate of drug-likeness (QED) is 0.649. The van der Waals surface area contributed by atoms with Crippen molar-refractivity contribution in [2.24, 2.45) is 0 Å². The number of phenols is 1. The van der Waals surface area contributed by atoms with Gasteiger partial charge in [-0.1, -0.05) is 0 Å². The molecule has 2 rings (SSSR count). The van der Waals surface area contributed by atoms with Gasteiger partial charge in [0.05, 0.1) is 0 Å². The number of hydrogen-bond acceptors (Lipinski definition) is 3. The van der Waals surface area contributed by atoms with E-state index in [-0.39, 0.29) is 38.7 Å². The summed E-state index contributed by atoms with van der Waals surface area (Å²) in [5.74, 6) is -0.365. The summed E-state index contributed by atoms with van der Waals surface area (Å²) in [5, 5.41) is 10.0. The Bertz CT molecular complexity index is 583. The standard InChI is InChI=1S/C14H20AsNO5.Si/c1-10(17)16(12-5-3-2-4-6-12)13-9-11(15(19,20)21)7-8-14(13)18;/h7-9,12,18H,2-6H2,1H3,(H2,19,20,21);. The van der Waals surface area contributed by atoms with Gasteiger partial charge in [0.15, 0.2) is 0 Å². The average molecular weight is 385 g/mol. The predicted octanol–water partition coefficient (Wildman–Crippen LogP) is 0.258. The van der Waals surface area contributed by atoms with E-state index in [1.54, 1.807) is 0 Å². The number of phenolic OH excluding ortho intramolecular Hbond substituents is 1. The fourth-order valence-corrected chi connectivity index (χ4v) is 4.02. The first-order chi connectivity index (χ1) is 9.80. The fourth-order valence-electron chi connectivity index (χ4n) is 2.85. The van der Waals surface area contributed by atoms with Crippen LogP contribution < -0.4 is 9.25 Å². The van der Waals surface area contributed by atoms with E-state index in [1.807, 2.05) is 0 Å². The summed E-state index contributed by atoms with van der Waals surface area (Å²) in [6.07, 6.45) is 4.82. The van der Waals surface area contributed by atoms with Crippen molar-refractivity contribution in [3.63, 3.8) is 0 Å². The van der Waals surface area contributed by atoms with Crippen molar-refractivity contribution in [2.45, 2.75) is 45.1 Å². The van der Waals surface area contributed by atoms with Crippen LogP contribution in [0.15, 0.2) is 18.2 Å². The van der Waals surface area contributed by atoms with Gasteiger partial charge in [0, 0.05) is 11.0 Å². The first-order valence-corrected chi connectivity index (χ1v) is 10.4. The zero-order valence-electron chi connectivity index (χ0n) is 12.4. The van der Waals surface area contributed by atoms with Gasteiger partial charge in [-0.15, -0.1) is 0 Å². The number of aromatic hydroxyl groups is 1. The van der Waals surface area contributed by atoms with Crippen LogP contribution in [0.1, 0.15) is 39.0 Å². The molecule has 1 amide bonds. The maximum Gasteiger partial charge on any atom is 0 e. The minimum atomic E-state index is -5.06. The Morgan fingerprint density at radius 2 is 1.82 bits per heavy atom. The van der Waals surface area contributed by atoms with Gasteiger partial charge in [-0.05, 0) is 0 Å². The number of benzene rings is 1. The summed E-state index contributed by atoms with van der Waals surface area (Å²) in [7, 11) is 0. The van der Waals surface area contributed by atoms with Crippen LogP contribution in [-0.4, -0.2) is 50.4 Å². The van der Waals surface area contributed by atoms with Gasteiger partial charge in [0.2, 0.25) is 0 Å². The van der Waals surface area contributed by atoms with Crippen LogP contribution in [0.4, 0.5) is 5.69 Å². The molecule has 1 aliphatic carbocycles. The van der Waals surface area contributed by atoms with E-state index >= 15 is 0 Å². The van der Waals surface area contributed by atoms with Crippen molar-refractivity contribution < 1.29 is 21.8 Å². The molecule has 0 aromatic heterocycles. The number of hydrogen-bond donors (Lipinski definition) is 3. The molecule has 6 nitrogen and oxygen atoms in total. The zero-order chi connectivity index (χ0) is 15.6. The molecule has 1 fully saturated rings. The number of carbonyl (C=O) groups is 1. The third-order valence-corrected chi connectivity index (χ3v) is 5.83. The molecule has 4 radical (unpaired) electrons. The maximum atomic E-state index is 12.0. The molecule has 1 aromatic rings. The molecule has 3 N–H and O–H groups in total. The van der Waals surface area contributed by atoms with Crippen LogP contribution >= 0.6 is 0 Å². The van der Waals surface area contributed by atoms with Crippen LogP contribution in [0.25, 0.3) is 0 Å². The average Bonchev–Trinajstić information content (AvgIpc) is 2.40. The number of anilines is 1. The second-order valence-electron chi connectivity index (χ2n) is 5.40. The monoisotopic (exact) mass is 385 g/mol. The number of carbonyl (C=O) groups excluding carboxylic acids is 1. The topological polar surface area (TPSA) is 98.1 Å². The Labute approximate surface area is 137 Å². The molecule has 22 heavy (non-hydrogen) atoms. The minimum Gasteiger partial charge on any atom is 0 e. The van der Waals surface area contributed by atoms with E-state index < -0.39 is 14.2 Å². The van der Waals surface area contributed by atoms with E-state index in [9.17, 15) is 21.8 Å². The molecular formula is C14H20AsNO5Si. The summed E-state index contributed by atoms with van der Waals surface area (Å²) >= 11 is -5.06. The molecule has 1 aliphatic rings. The molecule has 0 bridgehead atoms. The molecule has 1 aromatic carbocycles. The van der Waals surface area contributed by atoms with Gasteiger partial charge in [-0.3, -0.25) is 0 Å². The van der Waals surface area contributed by atoms with Crippen molar-refractivity contribution in [1.29, 1.82) is 0 Å². The van der Waals surface area contributed by atoms with Crippen molar-refractivity contribution >= 4 is 41.1 Å². The second kappa shape index (κ2) is 7.50. The van der Waals surface area contributed by atoms with Crippen LogP contribution in [0.5, 0.6) is 5.75 Å². The van der Waals surface area contributed by atoms with Crippen LogP contribution in [-0.2, 0) is 8.53 Å². The van der Waals surface area contributed by atoms with E-state index in [0.717, 1.165) is 32.1 Å². The van der Waals surface area contributed by atoms with E-state index in [1.165, 1.54) is 30.0 Å². The van der Waals surface area contributed by atoms with Gasteiger partial charge in [-0.2, -0.15) is 0 Å². The maximum absolute atomic E-state index is 12.0. The van der Waals surface area contributed by atoms with E-state index in [0.29, 0.717) is 0 Å². The Kier molecular flexibility index (Phi) is 6.49. The molecule has 0 saturated heterocycles. The van der Waals surface area contributed by atoms with Crippen molar-refractivity contribution in [1.82, 2.24) is 0 Å². The number of nitrogens with zero attached hydrogens (tertiary/aromatic N) is 1. The van der Waals surface area contributed by atoms with Crippen molar-refractivity contribution in [2.75, 3.05) is 4.90 Å². The normalized spacial score (nSPS) is 16.0. The van der Waals surface area contributed by atoms with Gasteiger partial charge < -0.3 is 0 Å². The second-order valence-corrected chi connectivity index (χ2v) is 8.76. The fraction of sp³-hybridized carbons (Fsp3) is 0.500. The largest absolute Gasteiger partial charge is 0 e. The van der Waals surface area contributed by atoms with Crippen LogP contribution in [0, 0.1) is 0 Å². The first kappa shape index (κ1) is 19.0. The third kappa shape index (κ3) is 4.26. The minimum absolute atomic E-state index is 0. The van der Waals surface area contributed by atoms with E-state index in [4.69, 9.17) is 0 Å². The number of rotatable bonds is 3. The molecule has 0 aliphatic heterocycles. The molecule has 0 heterocycles. The Morgan fingerprint density at radius 1 is 1.23 bits per heavy atom. The van der Waals surface area contributed by atoms with Gasteiger partial charge in [-0.25, -0.2) is 0 Å². The van der Waals surface area contributed by atoms with Gasteiger partial charge >= 0.3 is 126 Å². The summed E-state index contributed by atoms with van der Waals surface area (Å²) in [6, 6.07) is 3.66. The molecule has 0 spiro atoms. The van der Waals surface area contributed by atoms with Crippen molar-refractivity contribution in [3.05, 3.63) is 18.2 Å². The summed E-state index contributed by atoms with van der Waals surface area (Å²) in [6.45, 7) is 1.41. The van der Waals surface area contributed by atoms with Crippen LogP contribution in [0.2, 0.25) is 0 Å². The summed E-state index contributed by atoms with van der Waals surface area (Å²) < 4.78 is 29.9. The van der Waals surface area contributed by atoms with Gasteiger partial charge in [0.25, 0.3) is 0 Å². The Hall–Kier alpha value is -1.01. The van der Waals surface area contributed by atoms with E-state index in [2.05, 4.69) is 0 Å². The smallest absolute Gasteiger partial charge is 0 e. The Morgan fingerprint density at radius 3 is 2.32 bits per heavy atom. The molecule has 1 saturated carbocycles.